The highest BCUT2D eigenvalue weighted by Crippen LogP contribution is 2.31. The average molecular weight is 372 g/mol. The number of rotatable bonds is 3. The molecule has 1 aromatic heterocycles. The molecule has 5 aromatic rings. The van der Waals surface area contributed by atoms with Crippen molar-refractivity contribution < 1.29 is 0 Å². The van der Waals surface area contributed by atoms with Crippen molar-refractivity contribution in [3.63, 3.8) is 0 Å². The molecule has 0 aliphatic heterocycles. The van der Waals surface area contributed by atoms with Crippen LogP contribution in [0.4, 0.5) is 0 Å². The summed E-state index contributed by atoms with van der Waals surface area (Å²) in [7, 11) is 0. The Morgan fingerprint density at radius 2 is 1.17 bits per heavy atom. The summed E-state index contributed by atoms with van der Waals surface area (Å²) in [6, 6.07) is 35.5. The highest BCUT2D eigenvalue weighted by molar-refractivity contribution is 5.95. The van der Waals surface area contributed by atoms with Crippen LogP contribution < -0.4 is 0 Å². The van der Waals surface area contributed by atoms with Crippen molar-refractivity contribution >= 4 is 10.8 Å². The number of fused-ring (bicyclic) bond motifs is 1. The Hall–Kier alpha value is -3.78. The minimum absolute atomic E-state index is 0.749. The Kier molecular flexibility index (Phi) is 4.38. The van der Waals surface area contributed by atoms with Crippen molar-refractivity contribution in [1.82, 2.24) is 9.97 Å². The van der Waals surface area contributed by atoms with E-state index in [2.05, 4.69) is 91.9 Å². The third kappa shape index (κ3) is 3.41. The standard InChI is InChI=1S/C27H20N2/c1-19-14-16-22(17-15-19)26-18-25(21-9-3-2-4-10-21)28-27(29-26)24-13-7-11-20-8-5-6-12-23(20)24/h2-18H,1H3. The fourth-order valence-corrected chi connectivity index (χ4v) is 3.62. The second-order valence-corrected chi connectivity index (χ2v) is 7.22. The van der Waals surface area contributed by atoms with E-state index in [-0.39, 0.29) is 0 Å². The van der Waals surface area contributed by atoms with Crippen LogP contribution in [0.3, 0.4) is 0 Å². The van der Waals surface area contributed by atoms with Crippen LogP contribution in [0, 0.1) is 6.92 Å². The summed E-state index contributed by atoms with van der Waals surface area (Å²) in [6.45, 7) is 2.10. The molecular weight excluding hydrogens is 352 g/mol. The molecule has 1 heterocycles. The van der Waals surface area contributed by atoms with Crippen LogP contribution >= 0.6 is 0 Å². The molecule has 0 spiro atoms. The van der Waals surface area contributed by atoms with Crippen LogP contribution in [0.25, 0.3) is 44.7 Å². The van der Waals surface area contributed by atoms with Crippen LogP contribution in [0.5, 0.6) is 0 Å². The quantitative estimate of drug-likeness (QED) is 0.343. The number of hydrogen-bond donors (Lipinski definition) is 0. The molecule has 0 aliphatic rings. The Labute approximate surface area is 170 Å². The van der Waals surface area contributed by atoms with Gasteiger partial charge in [0.1, 0.15) is 0 Å². The van der Waals surface area contributed by atoms with Crippen LogP contribution in [0.15, 0.2) is 103 Å². The van der Waals surface area contributed by atoms with Crippen molar-refractivity contribution in [3.05, 3.63) is 109 Å². The topological polar surface area (TPSA) is 25.8 Å². The van der Waals surface area contributed by atoms with Crippen molar-refractivity contribution in [2.24, 2.45) is 0 Å². The van der Waals surface area contributed by atoms with Crippen molar-refractivity contribution in [2.75, 3.05) is 0 Å². The van der Waals surface area contributed by atoms with Crippen molar-refractivity contribution in [3.8, 4) is 33.9 Å². The lowest BCUT2D eigenvalue weighted by atomic mass is 10.0. The molecule has 138 valence electrons. The molecule has 0 bridgehead atoms. The van der Waals surface area contributed by atoms with E-state index in [9.17, 15) is 0 Å². The molecule has 0 saturated carbocycles. The van der Waals surface area contributed by atoms with Gasteiger partial charge in [-0.2, -0.15) is 0 Å². The molecule has 0 atom stereocenters. The van der Waals surface area contributed by atoms with E-state index >= 15 is 0 Å². The first-order valence-electron chi connectivity index (χ1n) is 9.78. The Bertz CT molecular complexity index is 1280. The maximum Gasteiger partial charge on any atom is 0.161 e. The van der Waals surface area contributed by atoms with Gasteiger partial charge in [-0.3, -0.25) is 0 Å². The van der Waals surface area contributed by atoms with E-state index in [4.69, 9.17) is 9.97 Å². The first kappa shape index (κ1) is 17.3. The Morgan fingerprint density at radius 3 is 1.93 bits per heavy atom. The lowest BCUT2D eigenvalue weighted by Gasteiger charge is -2.11. The first-order chi connectivity index (χ1) is 14.3. The summed E-state index contributed by atoms with van der Waals surface area (Å²) in [5.41, 5.74) is 6.33. The molecule has 0 unspecified atom stereocenters. The lowest BCUT2D eigenvalue weighted by molar-refractivity contribution is 1.19. The lowest BCUT2D eigenvalue weighted by Crippen LogP contribution is -1.96. The second kappa shape index (κ2) is 7.33. The summed E-state index contributed by atoms with van der Waals surface area (Å²) >= 11 is 0. The first-order valence-corrected chi connectivity index (χ1v) is 9.78. The van der Waals surface area contributed by atoms with Gasteiger partial charge >= 0.3 is 0 Å². The Balaban J connectivity index is 1.76. The molecule has 0 aliphatic carbocycles. The van der Waals surface area contributed by atoms with Gasteiger partial charge in [0.05, 0.1) is 11.4 Å². The van der Waals surface area contributed by atoms with Crippen molar-refractivity contribution in [1.29, 1.82) is 0 Å². The molecule has 29 heavy (non-hydrogen) atoms. The average Bonchev–Trinajstić information content (AvgIpc) is 2.79. The summed E-state index contributed by atoms with van der Waals surface area (Å²) in [5.74, 6) is 0.749. The largest absolute Gasteiger partial charge is 0.228 e. The molecule has 0 fully saturated rings. The molecule has 4 aromatic carbocycles. The molecule has 2 nitrogen and oxygen atoms in total. The maximum absolute atomic E-state index is 4.97. The van der Waals surface area contributed by atoms with Gasteiger partial charge in [-0.15, -0.1) is 0 Å². The number of benzene rings is 4. The smallest absolute Gasteiger partial charge is 0.161 e. The van der Waals surface area contributed by atoms with Gasteiger partial charge in [-0.05, 0) is 23.8 Å². The van der Waals surface area contributed by atoms with Crippen LogP contribution in [-0.2, 0) is 0 Å². The molecule has 2 heteroatoms. The molecule has 0 saturated heterocycles. The number of nitrogens with zero attached hydrogens (tertiary/aromatic N) is 2. The monoisotopic (exact) mass is 372 g/mol. The van der Waals surface area contributed by atoms with E-state index in [1.54, 1.807) is 0 Å². The minimum atomic E-state index is 0.749. The van der Waals surface area contributed by atoms with E-state index in [1.807, 2.05) is 18.2 Å². The van der Waals surface area contributed by atoms with E-state index in [0.29, 0.717) is 0 Å². The van der Waals surface area contributed by atoms with Gasteiger partial charge in [0.2, 0.25) is 0 Å². The van der Waals surface area contributed by atoms with E-state index < -0.39 is 0 Å². The molecule has 0 radical (unpaired) electrons. The van der Waals surface area contributed by atoms with Gasteiger partial charge in [0, 0.05) is 16.7 Å². The zero-order valence-corrected chi connectivity index (χ0v) is 16.2. The van der Waals surface area contributed by atoms with Gasteiger partial charge in [0.25, 0.3) is 0 Å². The predicted molar refractivity (Wildman–Crippen MR) is 121 cm³/mol. The van der Waals surface area contributed by atoms with E-state index in [0.717, 1.165) is 39.3 Å². The summed E-state index contributed by atoms with van der Waals surface area (Å²) in [6.07, 6.45) is 0. The van der Waals surface area contributed by atoms with Gasteiger partial charge in [-0.25, -0.2) is 9.97 Å². The van der Waals surface area contributed by atoms with Gasteiger partial charge in [-0.1, -0.05) is 103 Å². The van der Waals surface area contributed by atoms with E-state index in [1.165, 1.54) is 10.9 Å². The highest BCUT2D eigenvalue weighted by Gasteiger charge is 2.12. The summed E-state index contributed by atoms with van der Waals surface area (Å²) in [4.78, 5) is 9.92. The molecular formula is C27H20N2. The summed E-state index contributed by atoms with van der Waals surface area (Å²) in [5, 5.41) is 2.35. The molecule has 0 amide bonds. The number of hydrogen-bond acceptors (Lipinski definition) is 2. The normalized spacial score (nSPS) is 10.9. The summed E-state index contributed by atoms with van der Waals surface area (Å²) < 4.78 is 0. The zero-order chi connectivity index (χ0) is 19.6. The van der Waals surface area contributed by atoms with Crippen LogP contribution in [-0.4, -0.2) is 9.97 Å². The molecule has 5 rings (SSSR count). The van der Waals surface area contributed by atoms with Crippen molar-refractivity contribution in [2.45, 2.75) is 6.92 Å². The fourth-order valence-electron chi connectivity index (χ4n) is 3.62. The zero-order valence-electron chi connectivity index (χ0n) is 16.2. The fraction of sp³-hybridized carbons (Fsp3) is 0.0370. The predicted octanol–water partition coefficient (Wildman–Crippen LogP) is 6.94. The Morgan fingerprint density at radius 1 is 0.552 bits per heavy atom. The number of aryl methyl sites for hydroxylation is 1. The van der Waals surface area contributed by atoms with Gasteiger partial charge < -0.3 is 0 Å². The number of aromatic nitrogens is 2. The third-order valence-corrected chi connectivity index (χ3v) is 5.17. The SMILES string of the molecule is Cc1ccc(-c2cc(-c3ccccc3)nc(-c3cccc4ccccc34)n2)cc1. The highest BCUT2D eigenvalue weighted by atomic mass is 14.9. The van der Waals surface area contributed by atoms with Crippen LogP contribution in [0.1, 0.15) is 5.56 Å². The maximum atomic E-state index is 4.97. The van der Waals surface area contributed by atoms with Crippen LogP contribution in [0.2, 0.25) is 0 Å². The third-order valence-electron chi connectivity index (χ3n) is 5.17. The molecule has 0 N–H and O–H groups in total. The second-order valence-electron chi connectivity index (χ2n) is 7.22. The van der Waals surface area contributed by atoms with Gasteiger partial charge in [0.15, 0.2) is 5.82 Å². The minimum Gasteiger partial charge on any atom is -0.228 e.